The van der Waals surface area contributed by atoms with Gasteiger partial charge >= 0.3 is 5.97 Å². The van der Waals surface area contributed by atoms with Crippen LogP contribution in [0.3, 0.4) is 0 Å². The van der Waals surface area contributed by atoms with Gasteiger partial charge in [0.05, 0.1) is 18.2 Å². The van der Waals surface area contributed by atoms with Crippen LogP contribution in [-0.2, 0) is 9.30 Å². The second-order valence-electron chi connectivity index (χ2n) is 5.79. The van der Waals surface area contributed by atoms with E-state index < -0.39 is 17.4 Å². The Morgan fingerprint density at radius 2 is 2.30 bits per heavy atom. The summed E-state index contributed by atoms with van der Waals surface area (Å²) >= 11 is 0. The van der Waals surface area contributed by atoms with Crippen molar-refractivity contribution in [1.82, 2.24) is 5.32 Å². The molecule has 0 spiro atoms. The van der Waals surface area contributed by atoms with E-state index in [1.54, 1.807) is 12.1 Å². The molecule has 1 aliphatic rings. The average Bonchev–Trinajstić information content (AvgIpc) is 2.60. The number of carboxylic acids is 1. The number of carbonyl (C=O) groups is 1. The molecular formula is C16H22NO5P. The molecule has 1 saturated heterocycles. The zero-order valence-electron chi connectivity index (χ0n) is 13.1. The van der Waals surface area contributed by atoms with Crippen LogP contribution in [0.15, 0.2) is 24.3 Å². The highest BCUT2D eigenvalue weighted by atomic mass is 31.1. The molecule has 0 aromatic heterocycles. The van der Waals surface area contributed by atoms with E-state index in [4.69, 9.17) is 9.84 Å². The predicted octanol–water partition coefficient (Wildman–Crippen LogP) is 2.58. The summed E-state index contributed by atoms with van der Waals surface area (Å²) in [6.45, 7) is 2.66. The van der Waals surface area contributed by atoms with E-state index in [1.807, 2.05) is 13.0 Å². The first-order valence-electron chi connectivity index (χ1n) is 7.75. The van der Waals surface area contributed by atoms with Gasteiger partial charge in [-0.3, -0.25) is 4.57 Å². The van der Waals surface area contributed by atoms with Gasteiger partial charge in [-0.15, -0.1) is 0 Å². The molecular weight excluding hydrogens is 317 g/mol. The van der Waals surface area contributed by atoms with Gasteiger partial charge in [0.25, 0.3) is 0 Å². The van der Waals surface area contributed by atoms with Crippen LogP contribution >= 0.6 is 8.46 Å². The molecule has 126 valence electrons. The molecule has 1 fully saturated rings. The Balaban J connectivity index is 2.01. The number of nitrogens with one attached hydrogen (secondary N) is 1. The lowest BCUT2D eigenvalue weighted by Gasteiger charge is -2.37. The molecule has 2 rings (SSSR count). The Hall–Kier alpha value is -1.33. The Kier molecular flexibility index (Phi) is 6.25. The number of aromatic carboxylic acids is 1. The summed E-state index contributed by atoms with van der Waals surface area (Å²) in [5, 5.41) is 21.4. The topological polar surface area (TPSA) is 95.9 Å². The minimum atomic E-state index is -1.38. The summed E-state index contributed by atoms with van der Waals surface area (Å²) in [6, 6.07) is 6.53. The van der Waals surface area contributed by atoms with Crippen LogP contribution in [0.2, 0.25) is 0 Å². The number of rotatable bonds is 7. The number of ether oxygens (including phenoxy) is 1. The molecule has 6 nitrogen and oxygen atoms in total. The Labute approximate surface area is 137 Å². The van der Waals surface area contributed by atoms with Crippen molar-refractivity contribution >= 4 is 14.4 Å². The van der Waals surface area contributed by atoms with Crippen LogP contribution in [0.1, 0.15) is 48.1 Å². The molecule has 0 aliphatic carbocycles. The smallest absolute Gasteiger partial charge is 0.335 e. The lowest BCUT2D eigenvalue weighted by Crippen LogP contribution is -2.51. The lowest BCUT2D eigenvalue weighted by atomic mass is 10.0. The van der Waals surface area contributed by atoms with E-state index in [9.17, 15) is 14.5 Å². The maximum absolute atomic E-state index is 11.4. The first-order valence-corrected chi connectivity index (χ1v) is 8.56. The van der Waals surface area contributed by atoms with Crippen LogP contribution in [0.5, 0.6) is 0 Å². The van der Waals surface area contributed by atoms with E-state index in [0.29, 0.717) is 13.0 Å². The van der Waals surface area contributed by atoms with E-state index >= 15 is 0 Å². The van der Waals surface area contributed by atoms with Gasteiger partial charge in [0.15, 0.2) is 13.8 Å². The molecule has 23 heavy (non-hydrogen) atoms. The molecule has 1 aromatic rings. The number of hydrogen-bond donors (Lipinski definition) is 3. The van der Waals surface area contributed by atoms with Gasteiger partial charge in [-0.1, -0.05) is 25.5 Å². The molecule has 0 saturated carbocycles. The van der Waals surface area contributed by atoms with E-state index in [0.717, 1.165) is 18.4 Å². The summed E-state index contributed by atoms with van der Waals surface area (Å²) < 4.78 is 17.1. The van der Waals surface area contributed by atoms with Crippen molar-refractivity contribution in [2.75, 3.05) is 13.2 Å². The third-order valence-electron chi connectivity index (χ3n) is 4.12. The van der Waals surface area contributed by atoms with Crippen LogP contribution in [-0.4, -0.2) is 40.8 Å². The third kappa shape index (κ3) is 4.36. The monoisotopic (exact) mass is 339 g/mol. The first kappa shape index (κ1) is 18.0. The second-order valence-corrected chi connectivity index (χ2v) is 6.74. The molecule has 0 amide bonds. The summed E-state index contributed by atoms with van der Waals surface area (Å²) in [7, 11) is -0.328. The number of unbranched alkanes of at least 4 members (excludes halogenated alkanes) is 1. The van der Waals surface area contributed by atoms with Gasteiger partial charge in [-0.25, -0.2) is 4.79 Å². The number of aliphatic hydroxyl groups is 1. The van der Waals surface area contributed by atoms with E-state index in [2.05, 4.69) is 5.32 Å². The lowest BCUT2D eigenvalue weighted by molar-refractivity contribution is -0.0891. The van der Waals surface area contributed by atoms with Gasteiger partial charge in [-0.2, -0.15) is 0 Å². The number of benzene rings is 1. The van der Waals surface area contributed by atoms with E-state index in [1.165, 1.54) is 6.07 Å². The summed E-state index contributed by atoms with van der Waals surface area (Å²) in [4.78, 5) is 11.0. The van der Waals surface area contributed by atoms with Crippen molar-refractivity contribution in [2.24, 2.45) is 0 Å². The van der Waals surface area contributed by atoms with E-state index in [-0.39, 0.29) is 26.7 Å². The van der Waals surface area contributed by atoms with Crippen molar-refractivity contribution in [3.05, 3.63) is 35.4 Å². The van der Waals surface area contributed by atoms with Crippen molar-refractivity contribution in [3.63, 3.8) is 0 Å². The maximum atomic E-state index is 11.4. The van der Waals surface area contributed by atoms with Gasteiger partial charge in [0.2, 0.25) is 0 Å². The Bertz CT molecular complexity index is 559. The molecule has 1 aromatic carbocycles. The van der Waals surface area contributed by atoms with Gasteiger partial charge < -0.3 is 20.3 Å². The standard InChI is InChI=1S/C16H22NO5P/c1-2-3-7-16(20,23-21)14-9-17-13(10-22-14)11-5-4-6-12(8-11)15(18)19/h4-6,8,13-14,17,20H,2-3,7,9-10H2,1H3,(H,18,19)/t13-,14-,16?/m0/s1. The molecule has 3 atom stereocenters. The fourth-order valence-corrected chi connectivity index (χ4v) is 3.21. The minimum absolute atomic E-state index is 0.149. The highest BCUT2D eigenvalue weighted by molar-refractivity contribution is 7.25. The van der Waals surface area contributed by atoms with Crippen LogP contribution in [0.25, 0.3) is 0 Å². The summed E-state index contributed by atoms with van der Waals surface area (Å²) in [6.07, 6.45) is 1.55. The van der Waals surface area contributed by atoms with Crippen LogP contribution in [0.4, 0.5) is 0 Å². The Morgan fingerprint density at radius 1 is 1.52 bits per heavy atom. The molecule has 1 unspecified atom stereocenters. The molecule has 1 aliphatic heterocycles. The fourth-order valence-electron chi connectivity index (χ4n) is 2.68. The quantitative estimate of drug-likeness (QED) is 0.661. The third-order valence-corrected chi connectivity index (χ3v) is 4.95. The highest BCUT2D eigenvalue weighted by Gasteiger charge is 2.40. The largest absolute Gasteiger partial charge is 0.478 e. The van der Waals surface area contributed by atoms with Crippen molar-refractivity contribution in [3.8, 4) is 0 Å². The molecule has 0 bridgehead atoms. The summed E-state index contributed by atoms with van der Waals surface area (Å²) in [5.74, 6) is -0.972. The molecule has 7 heteroatoms. The minimum Gasteiger partial charge on any atom is -0.478 e. The molecule has 0 radical (unpaired) electrons. The molecule has 1 heterocycles. The average molecular weight is 339 g/mol. The fraction of sp³-hybridized carbons (Fsp3) is 0.562. The zero-order valence-corrected chi connectivity index (χ0v) is 14.0. The number of morpholine rings is 1. The van der Waals surface area contributed by atoms with Crippen molar-refractivity contribution in [2.45, 2.75) is 43.7 Å². The summed E-state index contributed by atoms with van der Waals surface area (Å²) in [5.41, 5.74) is 1.05. The maximum Gasteiger partial charge on any atom is 0.335 e. The number of carboxylic acid groups (broad SMARTS) is 1. The van der Waals surface area contributed by atoms with Gasteiger partial charge in [0, 0.05) is 6.54 Å². The number of hydrogen-bond acceptors (Lipinski definition) is 5. The SMILES string of the molecule is CCCCC(O)(P=O)[C@@H]1CN[C@H](c2cccc(C(=O)O)c2)CO1. The van der Waals surface area contributed by atoms with Crippen LogP contribution < -0.4 is 5.32 Å². The second kappa shape index (κ2) is 7.97. The van der Waals surface area contributed by atoms with Gasteiger partial charge in [-0.05, 0) is 30.5 Å². The highest BCUT2D eigenvalue weighted by Crippen LogP contribution is 2.34. The first-order chi connectivity index (χ1) is 11.0. The normalized spacial score (nSPS) is 24.3. The predicted molar refractivity (Wildman–Crippen MR) is 86.0 cm³/mol. The zero-order chi connectivity index (χ0) is 16.9. The van der Waals surface area contributed by atoms with Crippen molar-refractivity contribution < 1.29 is 24.3 Å². The van der Waals surface area contributed by atoms with Gasteiger partial charge in [0.1, 0.15) is 6.10 Å². The van der Waals surface area contributed by atoms with Crippen LogP contribution in [0, 0.1) is 0 Å². The Morgan fingerprint density at radius 3 is 2.87 bits per heavy atom. The van der Waals surface area contributed by atoms with Crippen molar-refractivity contribution in [1.29, 1.82) is 0 Å². The molecule has 3 N–H and O–H groups in total.